The van der Waals surface area contributed by atoms with Gasteiger partial charge in [0.15, 0.2) is 6.04 Å². The first-order chi connectivity index (χ1) is 12.8. The summed E-state index contributed by atoms with van der Waals surface area (Å²) in [5, 5.41) is 6.35. The highest BCUT2D eigenvalue weighted by Crippen LogP contribution is 2.31. The maximum atomic E-state index is 13.3. The number of hydrogen-bond acceptors (Lipinski definition) is 3. The zero-order valence-electron chi connectivity index (χ0n) is 14.7. The van der Waals surface area contributed by atoms with Crippen LogP contribution in [0.15, 0.2) is 54.7 Å². The van der Waals surface area contributed by atoms with Gasteiger partial charge >= 0.3 is 6.18 Å². The highest BCUT2D eigenvalue weighted by Gasteiger charge is 2.42. The van der Waals surface area contributed by atoms with Crippen LogP contribution in [0.2, 0.25) is 0 Å². The quantitative estimate of drug-likeness (QED) is 0.753. The van der Waals surface area contributed by atoms with E-state index in [-0.39, 0.29) is 11.3 Å². The van der Waals surface area contributed by atoms with Crippen LogP contribution in [0.25, 0.3) is 5.69 Å². The van der Waals surface area contributed by atoms with Crippen molar-refractivity contribution in [2.45, 2.75) is 26.1 Å². The molecule has 0 saturated heterocycles. The van der Waals surface area contributed by atoms with Gasteiger partial charge in [0.05, 0.1) is 17.1 Å². The Morgan fingerprint density at radius 3 is 2.33 bits per heavy atom. The van der Waals surface area contributed by atoms with Gasteiger partial charge in [0, 0.05) is 17.5 Å². The Hall–Kier alpha value is -3.16. The fourth-order valence-electron chi connectivity index (χ4n) is 2.73. The first-order valence-electron chi connectivity index (χ1n) is 8.18. The first-order valence-corrected chi connectivity index (χ1v) is 8.18. The normalized spacial score (nSPS) is 12.6. The van der Waals surface area contributed by atoms with Crippen molar-refractivity contribution in [2.75, 3.05) is 0 Å². The molecule has 0 aliphatic carbocycles. The zero-order chi connectivity index (χ0) is 19.6. The van der Waals surface area contributed by atoms with E-state index in [0.29, 0.717) is 5.69 Å². The number of pyridine rings is 1. The number of aryl methyl sites for hydroxylation is 2. The number of rotatable bonds is 4. The van der Waals surface area contributed by atoms with Gasteiger partial charge in [-0.3, -0.25) is 9.78 Å². The Morgan fingerprint density at radius 1 is 1.11 bits per heavy atom. The Bertz CT molecular complexity index is 934. The van der Waals surface area contributed by atoms with E-state index < -0.39 is 18.1 Å². The number of benzene rings is 1. The van der Waals surface area contributed by atoms with Gasteiger partial charge in [-0.1, -0.05) is 6.07 Å². The van der Waals surface area contributed by atoms with Crippen molar-refractivity contribution >= 4 is 5.91 Å². The summed E-state index contributed by atoms with van der Waals surface area (Å²) in [7, 11) is 0. The molecule has 27 heavy (non-hydrogen) atoms. The molecule has 1 atom stereocenters. The summed E-state index contributed by atoms with van der Waals surface area (Å²) in [5.74, 6) is -0.831. The molecule has 1 aromatic carbocycles. The molecule has 2 aromatic heterocycles. The molecular weight excluding hydrogens is 357 g/mol. The Labute approximate surface area is 153 Å². The van der Waals surface area contributed by atoms with E-state index in [0.717, 1.165) is 11.4 Å². The molecule has 8 heteroatoms. The number of amides is 1. The van der Waals surface area contributed by atoms with Crippen LogP contribution in [0, 0.1) is 13.8 Å². The molecule has 3 aromatic rings. The fourth-order valence-corrected chi connectivity index (χ4v) is 2.73. The van der Waals surface area contributed by atoms with Crippen molar-refractivity contribution in [1.82, 2.24) is 20.1 Å². The lowest BCUT2D eigenvalue weighted by molar-refractivity contribution is -0.156. The number of nitrogens with one attached hydrogen (secondary N) is 1. The standard InChI is InChI=1S/C19H17F3N4O/c1-12-11-13(2)26(25-12)15-8-6-14(7-9-15)18(27)24-17(19(20,21)22)16-5-3-4-10-23-16/h3-11,17H,1-2H3,(H,24,27)/t17-/m0/s1. The Kier molecular flexibility index (Phi) is 4.98. The van der Waals surface area contributed by atoms with Crippen LogP contribution in [0.3, 0.4) is 0 Å². The smallest absolute Gasteiger partial charge is 0.335 e. The summed E-state index contributed by atoms with van der Waals surface area (Å²) in [6.07, 6.45) is -3.41. The van der Waals surface area contributed by atoms with Crippen molar-refractivity contribution < 1.29 is 18.0 Å². The third-order valence-corrected chi connectivity index (χ3v) is 3.97. The van der Waals surface area contributed by atoms with E-state index >= 15 is 0 Å². The number of aromatic nitrogens is 3. The number of alkyl halides is 3. The third-order valence-electron chi connectivity index (χ3n) is 3.97. The Balaban J connectivity index is 1.82. The summed E-state index contributed by atoms with van der Waals surface area (Å²) >= 11 is 0. The van der Waals surface area contributed by atoms with E-state index in [4.69, 9.17) is 0 Å². The molecule has 3 rings (SSSR count). The molecule has 0 fully saturated rings. The monoisotopic (exact) mass is 374 g/mol. The van der Waals surface area contributed by atoms with Crippen molar-refractivity contribution in [3.05, 3.63) is 77.4 Å². The van der Waals surface area contributed by atoms with Gasteiger partial charge in [-0.05, 0) is 56.3 Å². The maximum Gasteiger partial charge on any atom is 0.414 e. The third kappa shape index (κ3) is 4.16. The van der Waals surface area contributed by atoms with Crippen molar-refractivity contribution in [3.8, 4) is 5.69 Å². The average molecular weight is 374 g/mol. The molecule has 1 N–H and O–H groups in total. The number of carbonyl (C=O) groups is 1. The molecule has 0 saturated carbocycles. The molecule has 0 radical (unpaired) electrons. The predicted molar refractivity (Wildman–Crippen MR) is 93.5 cm³/mol. The molecule has 0 spiro atoms. The summed E-state index contributed by atoms with van der Waals surface area (Å²) in [5.41, 5.74) is 2.33. The molecule has 0 unspecified atom stereocenters. The lowest BCUT2D eigenvalue weighted by Crippen LogP contribution is -2.38. The van der Waals surface area contributed by atoms with Gasteiger partial charge < -0.3 is 5.32 Å². The highest BCUT2D eigenvalue weighted by molar-refractivity contribution is 5.94. The highest BCUT2D eigenvalue weighted by atomic mass is 19.4. The summed E-state index contributed by atoms with van der Waals surface area (Å²) in [6, 6.07) is 10.1. The number of carbonyl (C=O) groups excluding carboxylic acids is 1. The predicted octanol–water partition coefficient (Wildman–Crippen LogP) is 3.92. The average Bonchev–Trinajstić information content (AvgIpc) is 2.97. The van der Waals surface area contributed by atoms with Gasteiger partial charge in [-0.25, -0.2) is 4.68 Å². The second kappa shape index (κ2) is 7.22. The van der Waals surface area contributed by atoms with Gasteiger partial charge in [0.25, 0.3) is 5.91 Å². The maximum absolute atomic E-state index is 13.3. The summed E-state index contributed by atoms with van der Waals surface area (Å²) in [4.78, 5) is 16.0. The van der Waals surface area contributed by atoms with E-state index in [1.165, 1.54) is 36.5 Å². The minimum atomic E-state index is -4.66. The first kappa shape index (κ1) is 18.6. The number of hydrogen-bond donors (Lipinski definition) is 1. The largest absolute Gasteiger partial charge is 0.414 e. The SMILES string of the molecule is Cc1cc(C)n(-c2ccc(C(=O)N[C@@H](c3ccccn3)C(F)(F)F)cc2)n1. The van der Waals surface area contributed by atoms with Crippen LogP contribution in [-0.2, 0) is 0 Å². The van der Waals surface area contributed by atoms with Crippen molar-refractivity contribution in [1.29, 1.82) is 0 Å². The molecule has 0 aliphatic heterocycles. The van der Waals surface area contributed by atoms with Crippen molar-refractivity contribution in [3.63, 3.8) is 0 Å². The summed E-state index contributed by atoms with van der Waals surface area (Å²) < 4.78 is 41.7. The molecule has 0 bridgehead atoms. The lowest BCUT2D eigenvalue weighted by Gasteiger charge is -2.21. The minimum Gasteiger partial charge on any atom is -0.335 e. The van der Waals surface area contributed by atoms with Gasteiger partial charge in [-0.2, -0.15) is 18.3 Å². The fraction of sp³-hybridized carbons (Fsp3) is 0.211. The molecule has 1 amide bonds. The van der Waals surface area contributed by atoms with Crippen LogP contribution in [0.4, 0.5) is 13.2 Å². The lowest BCUT2D eigenvalue weighted by atomic mass is 10.1. The van der Waals surface area contributed by atoms with Crippen molar-refractivity contribution in [2.24, 2.45) is 0 Å². The van der Waals surface area contributed by atoms with E-state index in [9.17, 15) is 18.0 Å². The number of nitrogens with zero attached hydrogens (tertiary/aromatic N) is 3. The second-order valence-electron chi connectivity index (χ2n) is 6.09. The topological polar surface area (TPSA) is 59.8 Å². The molecule has 5 nitrogen and oxygen atoms in total. The van der Waals surface area contributed by atoms with E-state index in [1.54, 1.807) is 16.8 Å². The van der Waals surface area contributed by atoms with Crippen LogP contribution in [0.1, 0.15) is 33.5 Å². The number of halogens is 3. The van der Waals surface area contributed by atoms with E-state index in [2.05, 4.69) is 10.1 Å². The molecule has 0 aliphatic rings. The summed E-state index contributed by atoms with van der Waals surface area (Å²) in [6.45, 7) is 3.75. The van der Waals surface area contributed by atoms with Gasteiger partial charge in [-0.15, -0.1) is 0 Å². The van der Waals surface area contributed by atoms with Gasteiger partial charge in [0.2, 0.25) is 0 Å². The van der Waals surface area contributed by atoms with E-state index in [1.807, 2.05) is 25.2 Å². The van der Waals surface area contributed by atoms with Crippen LogP contribution >= 0.6 is 0 Å². The van der Waals surface area contributed by atoms with Crippen LogP contribution < -0.4 is 5.32 Å². The minimum absolute atomic E-state index is 0.116. The second-order valence-corrected chi connectivity index (χ2v) is 6.09. The van der Waals surface area contributed by atoms with Crippen LogP contribution in [-0.4, -0.2) is 26.8 Å². The van der Waals surface area contributed by atoms with Crippen LogP contribution in [0.5, 0.6) is 0 Å². The molecule has 140 valence electrons. The zero-order valence-corrected chi connectivity index (χ0v) is 14.7. The van der Waals surface area contributed by atoms with Gasteiger partial charge in [0.1, 0.15) is 0 Å². The molecular formula is C19H17F3N4O. The molecule has 2 heterocycles. The Morgan fingerprint density at radius 2 is 1.81 bits per heavy atom.